The molecule has 0 unspecified atom stereocenters. The molecule has 0 radical (unpaired) electrons. The first kappa shape index (κ1) is 24.1. The van der Waals surface area contributed by atoms with Crippen LogP contribution in [0.15, 0.2) is 50.8 Å². The molecule has 3 rings (SSSR count). The molecular formula is C22H21BrN4O6. The first-order chi connectivity index (χ1) is 15.6. The van der Waals surface area contributed by atoms with E-state index in [-0.39, 0.29) is 22.9 Å². The van der Waals surface area contributed by atoms with Gasteiger partial charge in [-0.3, -0.25) is 14.9 Å². The molecule has 0 aliphatic carbocycles. The van der Waals surface area contributed by atoms with Crippen LogP contribution in [0.5, 0.6) is 5.75 Å². The molecule has 0 spiro atoms. The van der Waals surface area contributed by atoms with Crippen LogP contribution in [0, 0.1) is 10.1 Å². The van der Waals surface area contributed by atoms with E-state index in [1.165, 1.54) is 31.3 Å². The predicted octanol–water partition coefficient (Wildman–Crippen LogP) is 4.31. The molecular weight excluding hydrogens is 496 g/mol. The third kappa shape index (κ3) is 5.25. The molecule has 2 aromatic carbocycles. The number of carboxylic acids is 1. The van der Waals surface area contributed by atoms with Gasteiger partial charge in [0, 0.05) is 28.1 Å². The van der Waals surface area contributed by atoms with E-state index in [1.807, 2.05) is 13.8 Å². The lowest BCUT2D eigenvalue weighted by Gasteiger charge is -2.15. The van der Waals surface area contributed by atoms with Crippen LogP contribution in [0.4, 0.5) is 5.69 Å². The van der Waals surface area contributed by atoms with Gasteiger partial charge in [0.15, 0.2) is 6.10 Å². The second-order valence-electron chi connectivity index (χ2n) is 7.38. The zero-order valence-electron chi connectivity index (χ0n) is 18.1. The fourth-order valence-corrected chi connectivity index (χ4v) is 3.36. The van der Waals surface area contributed by atoms with E-state index in [0.29, 0.717) is 27.6 Å². The van der Waals surface area contributed by atoms with Gasteiger partial charge in [-0.25, -0.2) is 9.78 Å². The van der Waals surface area contributed by atoms with Gasteiger partial charge in [0.2, 0.25) is 0 Å². The Bertz CT molecular complexity index is 1320. The zero-order chi connectivity index (χ0) is 24.3. The maximum Gasteiger partial charge on any atom is 0.344 e. The van der Waals surface area contributed by atoms with Crippen molar-refractivity contribution in [1.29, 1.82) is 0 Å². The van der Waals surface area contributed by atoms with Gasteiger partial charge in [0.1, 0.15) is 11.6 Å². The fraction of sp³-hybridized carbons (Fsp3) is 0.273. The molecule has 10 nitrogen and oxygen atoms in total. The molecule has 1 heterocycles. The highest BCUT2D eigenvalue weighted by Gasteiger charge is 2.19. The van der Waals surface area contributed by atoms with Gasteiger partial charge < -0.3 is 9.84 Å². The Kier molecular flexibility index (Phi) is 7.22. The number of non-ortho nitro benzene ring substituents is 1. The first-order valence-electron chi connectivity index (χ1n) is 10.1. The summed E-state index contributed by atoms with van der Waals surface area (Å²) < 4.78 is 7.29. The van der Waals surface area contributed by atoms with Crippen LogP contribution in [0.25, 0.3) is 10.9 Å². The number of ether oxygens (including phenoxy) is 1. The van der Waals surface area contributed by atoms with Crippen LogP contribution < -0.4 is 10.3 Å². The summed E-state index contributed by atoms with van der Waals surface area (Å²) in [7, 11) is 0. The minimum absolute atomic E-state index is 0.0777. The Balaban J connectivity index is 2.19. The lowest BCUT2D eigenvalue weighted by molar-refractivity contribution is -0.384. The summed E-state index contributed by atoms with van der Waals surface area (Å²) in [4.78, 5) is 39.7. The van der Waals surface area contributed by atoms with Gasteiger partial charge >= 0.3 is 5.97 Å². The maximum absolute atomic E-state index is 13.2. The van der Waals surface area contributed by atoms with Gasteiger partial charge in [-0.1, -0.05) is 29.8 Å². The summed E-state index contributed by atoms with van der Waals surface area (Å²) in [5, 5.41) is 25.0. The van der Waals surface area contributed by atoms with Crippen LogP contribution in [-0.2, 0) is 4.79 Å². The number of hydrogen-bond acceptors (Lipinski definition) is 7. The molecule has 2 atom stereocenters. The van der Waals surface area contributed by atoms with Crippen molar-refractivity contribution in [2.45, 2.75) is 39.2 Å². The number of nitro benzene ring substituents is 1. The molecule has 11 heteroatoms. The third-order valence-corrected chi connectivity index (χ3v) is 5.55. The third-order valence-electron chi connectivity index (χ3n) is 5.05. The van der Waals surface area contributed by atoms with Crippen molar-refractivity contribution < 1.29 is 19.6 Å². The predicted molar refractivity (Wildman–Crippen MR) is 126 cm³/mol. The van der Waals surface area contributed by atoms with Crippen molar-refractivity contribution in [3.8, 4) is 5.75 Å². The van der Waals surface area contributed by atoms with Crippen LogP contribution in [-0.4, -0.2) is 38.0 Å². The quantitative estimate of drug-likeness (QED) is 0.267. The van der Waals surface area contributed by atoms with Crippen molar-refractivity contribution in [3.63, 3.8) is 0 Å². The number of nitro groups is 1. The van der Waals surface area contributed by atoms with Crippen molar-refractivity contribution in [2.24, 2.45) is 5.10 Å². The molecule has 0 bridgehead atoms. The molecule has 1 aromatic heterocycles. The SMILES string of the molecule is CC[C@@H](C)c1nc2ccc(Br)cc2c(=O)n1N=Cc1cc([N+](=O)[O-])ccc1O[C@H](C)C(=O)O. The lowest BCUT2D eigenvalue weighted by Crippen LogP contribution is -2.24. The fourth-order valence-electron chi connectivity index (χ4n) is 3.00. The molecule has 172 valence electrons. The number of halogens is 1. The maximum atomic E-state index is 13.2. The molecule has 0 aliphatic rings. The lowest BCUT2D eigenvalue weighted by atomic mass is 10.1. The average Bonchev–Trinajstić information content (AvgIpc) is 2.78. The molecule has 33 heavy (non-hydrogen) atoms. The molecule has 0 amide bonds. The number of carbonyl (C=O) groups is 1. The van der Waals surface area contributed by atoms with E-state index >= 15 is 0 Å². The second-order valence-corrected chi connectivity index (χ2v) is 8.30. The van der Waals surface area contributed by atoms with Crippen molar-refractivity contribution in [1.82, 2.24) is 9.66 Å². The van der Waals surface area contributed by atoms with Crippen LogP contribution in [0.3, 0.4) is 0 Å². The molecule has 0 saturated heterocycles. The number of carboxylic acid groups (broad SMARTS) is 1. The summed E-state index contributed by atoms with van der Waals surface area (Å²) in [6.45, 7) is 5.20. The van der Waals surface area contributed by atoms with Crippen molar-refractivity contribution >= 4 is 44.7 Å². The van der Waals surface area contributed by atoms with E-state index in [4.69, 9.17) is 9.84 Å². The second kappa shape index (κ2) is 9.90. The smallest absolute Gasteiger partial charge is 0.344 e. The summed E-state index contributed by atoms with van der Waals surface area (Å²) in [5.74, 6) is -0.791. The summed E-state index contributed by atoms with van der Waals surface area (Å²) in [6.07, 6.45) is 0.734. The van der Waals surface area contributed by atoms with Crippen molar-refractivity contribution in [2.75, 3.05) is 0 Å². The van der Waals surface area contributed by atoms with Crippen LogP contribution in [0.1, 0.15) is 44.5 Å². The highest BCUT2D eigenvalue weighted by atomic mass is 79.9. The molecule has 1 N–H and O–H groups in total. The van der Waals surface area contributed by atoms with Gasteiger partial charge in [-0.2, -0.15) is 9.78 Å². The molecule has 0 aliphatic heterocycles. The van der Waals surface area contributed by atoms with Crippen LogP contribution in [0.2, 0.25) is 0 Å². The topological polar surface area (TPSA) is 137 Å². The minimum Gasteiger partial charge on any atom is -0.479 e. The summed E-state index contributed by atoms with van der Waals surface area (Å²) >= 11 is 3.35. The van der Waals surface area contributed by atoms with E-state index in [2.05, 4.69) is 26.0 Å². The summed E-state index contributed by atoms with van der Waals surface area (Å²) in [5.41, 5.74) is 0.0368. The Morgan fingerprint density at radius 1 is 1.33 bits per heavy atom. The summed E-state index contributed by atoms with van der Waals surface area (Å²) in [6, 6.07) is 8.87. The van der Waals surface area contributed by atoms with E-state index < -0.39 is 22.6 Å². The number of hydrogen-bond donors (Lipinski definition) is 1. The van der Waals surface area contributed by atoms with Gasteiger partial charge in [0.25, 0.3) is 11.2 Å². The Labute approximate surface area is 196 Å². The number of fused-ring (bicyclic) bond motifs is 1. The number of aromatic nitrogens is 2. The van der Waals surface area contributed by atoms with E-state index in [1.54, 1.807) is 18.2 Å². The first-order valence-corrected chi connectivity index (χ1v) is 10.9. The number of aliphatic carboxylic acids is 1. The minimum atomic E-state index is -1.20. The highest BCUT2D eigenvalue weighted by Crippen LogP contribution is 2.25. The molecule has 3 aromatic rings. The Morgan fingerprint density at radius 3 is 2.70 bits per heavy atom. The zero-order valence-corrected chi connectivity index (χ0v) is 19.6. The Morgan fingerprint density at radius 2 is 2.06 bits per heavy atom. The van der Waals surface area contributed by atoms with Gasteiger partial charge in [0.05, 0.1) is 22.0 Å². The van der Waals surface area contributed by atoms with E-state index in [0.717, 1.165) is 4.68 Å². The molecule has 0 saturated carbocycles. The normalized spacial score (nSPS) is 13.2. The standard InChI is InChI=1S/C22H21BrN4O6/c1-4-12(2)20-25-18-7-5-15(23)10-17(18)21(28)26(20)24-11-14-9-16(27(31)32)6-8-19(14)33-13(3)22(29)30/h5-13H,4H2,1-3H3,(H,29,30)/t12-,13-/m1/s1. The van der Waals surface area contributed by atoms with Gasteiger partial charge in [-0.05, 0) is 37.6 Å². The number of benzene rings is 2. The highest BCUT2D eigenvalue weighted by molar-refractivity contribution is 9.10. The Hall–Kier alpha value is -3.60. The van der Waals surface area contributed by atoms with E-state index in [9.17, 15) is 19.7 Å². The molecule has 0 fully saturated rings. The average molecular weight is 517 g/mol. The van der Waals surface area contributed by atoms with Crippen LogP contribution >= 0.6 is 15.9 Å². The number of rotatable bonds is 8. The largest absolute Gasteiger partial charge is 0.479 e. The van der Waals surface area contributed by atoms with Crippen molar-refractivity contribution in [3.05, 3.63) is 72.7 Å². The van der Waals surface area contributed by atoms with Gasteiger partial charge in [-0.15, -0.1) is 0 Å². The monoisotopic (exact) mass is 516 g/mol. The number of nitrogens with zero attached hydrogens (tertiary/aromatic N) is 4.